The van der Waals surface area contributed by atoms with Gasteiger partial charge in [0.2, 0.25) is 0 Å². The van der Waals surface area contributed by atoms with E-state index in [9.17, 15) is 8.42 Å². The van der Waals surface area contributed by atoms with Crippen molar-refractivity contribution in [2.45, 2.75) is 19.3 Å². The summed E-state index contributed by atoms with van der Waals surface area (Å²) < 4.78 is 26.8. The molecule has 1 aliphatic heterocycles. The van der Waals surface area contributed by atoms with Crippen LogP contribution in [0.5, 0.6) is 0 Å². The zero-order chi connectivity index (χ0) is 14.8. The van der Waals surface area contributed by atoms with Gasteiger partial charge in [0.25, 0.3) is 10.2 Å². The monoisotopic (exact) mass is 318 g/mol. The Bertz CT molecular complexity index is 556. The van der Waals surface area contributed by atoms with Gasteiger partial charge in [-0.05, 0) is 25.2 Å². The lowest BCUT2D eigenvalue weighted by Gasteiger charge is -2.32. The Hall–Kier alpha value is -0.760. The predicted octanol–water partition coefficient (Wildman–Crippen LogP) is 1.19. The first kappa shape index (κ1) is 15.6. The van der Waals surface area contributed by atoms with Gasteiger partial charge in [0.15, 0.2) is 0 Å². The highest BCUT2D eigenvalue weighted by molar-refractivity contribution is 7.86. The first-order chi connectivity index (χ1) is 9.39. The Morgan fingerprint density at radius 2 is 2.00 bits per heavy atom. The van der Waals surface area contributed by atoms with Crippen LogP contribution in [0.1, 0.15) is 18.5 Å². The van der Waals surface area contributed by atoms with E-state index >= 15 is 0 Å². The molecule has 112 valence electrons. The van der Waals surface area contributed by atoms with Crippen molar-refractivity contribution >= 4 is 21.8 Å². The maximum Gasteiger partial charge on any atom is 0.281 e. The molecule has 8 heteroatoms. The summed E-state index contributed by atoms with van der Waals surface area (Å²) in [6.07, 6.45) is 5.69. The third-order valence-corrected chi connectivity index (χ3v) is 5.64. The van der Waals surface area contributed by atoms with Gasteiger partial charge in [0.05, 0.1) is 11.9 Å². The van der Waals surface area contributed by atoms with Gasteiger partial charge in [0, 0.05) is 33.4 Å². The van der Waals surface area contributed by atoms with Crippen LogP contribution < -0.4 is 0 Å². The van der Waals surface area contributed by atoms with Crippen molar-refractivity contribution in [3.63, 3.8) is 0 Å². The zero-order valence-corrected chi connectivity index (χ0v) is 13.2. The van der Waals surface area contributed by atoms with Crippen molar-refractivity contribution in [3.8, 4) is 0 Å². The van der Waals surface area contributed by atoms with E-state index in [-0.39, 0.29) is 0 Å². The molecule has 0 amide bonds. The fraction of sp³-hybridized carbons (Fsp3) is 0.667. The second-order valence-electron chi connectivity index (χ2n) is 5.17. The molecule has 0 saturated carbocycles. The Labute approximate surface area is 125 Å². The predicted molar refractivity (Wildman–Crippen MR) is 77.6 cm³/mol. The minimum absolute atomic E-state index is 0.398. The van der Waals surface area contributed by atoms with E-state index in [1.165, 1.54) is 14.8 Å². The highest BCUT2D eigenvalue weighted by Crippen LogP contribution is 2.23. The lowest BCUT2D eigenvalue weighted by atomic mass is 9.93. The van der Waals surface area contributed by atoms with Gasteiger partial charge in [0.1, 0.15) is 5.15 Å². The largest absolute Gasteiger partial charge is 0.281 e. The van der Waals surface area contributed by atoms with Crippen molar-refractivity contribution in [2.24, 2.45) is 5.92 Å². The minimum Gasteiger partial charge on any atom is -0.260 e. The molecule has 0 radical (unpaired) electrons. The number of piperidine rings is 1. The van der Waals surface area contributed by atoms with E-state index in [2.05, 4.69) is 9.97 Å². The van der Waals surface area contributed by atoms with E-state index in [4.69, 9.17) is 11.6 Å². The van der Waals surface area contributed by atoms with E-state index in [0.29, 0.717) is 24.2 Å². The molecule has 2 rings (SSSR count). The highest BCUT2D eigenvalue weighted by Gasteiger charge is 2.29. The number of hydrogen-bond donors (Lipinski definition) is 0. The van der Waals surface area contributed by atoms with Crippen LogP contribution in [-0.4, -0.2) is 54.2 Å². The van der Waals surface area contributed by atoms with Gasteiger partial charge in [-0.3, -0.25) is 4.98 Å². The molecule has 0 aliphatic carbocycles. The average molecular weight is 319 g/mol. The summed E-state index contributed by atoms with van der Waals surface area (Å²) in [5.74, 6) is 0.427. The van der Waals surface area contributed by atoms with Crippen LogP contribution >= 0.6 is 11.6 Å². The molecular weight excluding hydrogens is 300 g/mol. The van der Waals surface area contributed by atoms with Gasteiger partial charge >= 0.3 is 0 Å². The number of rotatable bonds is 4. The summed E-state index contributed by atoms with van der Waals surface area (Å²) in [5, 5.41) is 0.398. The Morgan fingerprint density at radius 3 is 2.55 bits per heavy atom. The zero-order valence-electron chi connectivity index (χ0n) is 11.7. The summed E-state index contributed by atoms with van der Waals surface area (Å²) in [7, 11) is -0.168. The summed E-state index contributed by atoms with van der Waals surface area (Å²) in [6.45, 7) is 1.11. The maximum absolute atomic E-state index is 12.0. The Balaban J connectivity index is 1.92. The first-order valence-electron chi connectivity index (χ1n) is 6.53. The second-order valence-corrected chi connectivity index (χ2v) is 7.70. The molecule has 1 aliphatic rings. The molecule has 0 aromatic carbocycles. The van der Waals surface area contributed by atoms with Crippen molar-refractivity contribution in [2.75, 3.05) is 27.2 Å². The second kappa shape index (κ2) is 6.34. The lowest BCUT2D eigenvalue weighted by Crippen LogP contribution is -2.44. The van der Waals surface area contributed by atoms with Crippen molar-refractivity contribution in [1.82, 2.24) is 18.6 Å². The van der Waals surface area contributed by atoms with Crippen molar-refractivity contribution in [1.29, 1.82) is 0 Å². The van der Waals surface area contributed by atoms with Gasteiger partial charge in [-0.15, -0.1) is 0 Å². The van der Waals surface area contributed by atoms with Crippen molar-refractivity contribution in [3.05, 3.63) is 23.2 Å². The minimum atomic E-state index is -3.29. The average Bonchev–Trinajstić information content (AvgIpc) is 2.39. The highest BCUT2D eigenvalue weighted by atomic mass is 35.5. The Morgan fingerprint density at radius 1 is 1.35 bits per heavy atom. The van der Waals surface area contributed by atoms with E-state index < -0.39 is 10.2 Å². The molecule has 1 aromatic heterocycles. The fourth-order valence-electron chi connectivity index (χ4n) is 2.35. The lowest BCUT2D eigenvalue weighted by molar-refractivity contribution is 0.261. The summed E-state index contributed by atoms with van der Waals surface area (Å²) in [5.41, 5.74) is 0.867. The number of aromatic nitrogens is 2. The van der Waals surface area contributed by atoms with Gasteiger partial charge < -0.3 is 0 Å². The molecule has 1 fully saturated rings. The molecule has 6 nitrogen and oxygen atoms in total. The standard InChI is InChI=1S/C12H19ClN4O2S/c1-16(2)20(18,19)17-5-3-10(4-6-17)7-11-8-14-9-12(13)15-11/h8-10H,3-7H2,1-2H3. The van der Waals surface area contributed by atoms with Crippen LogP contribution in [0.25, 0.3) is 0 Å². The maximum atomic E-state index is 12.0. The molecule has 2 heterocycles. The van der Waals surface area contributed by atoms with E-state index in [1.54, 1.807) is 20.3 Å². The molecule has 1 aromatic rings. The first-order valence-corrected chi connectivity index (χ1v) is 8.31. The van der Waals surface area contributed by atoms with Crippen LogP contribution in [0.3, 0.4) is 0 Å². The smallest absolute Gasteiger partial charge is 0.260 e. The van der Waals surface area contributed by atoms with Crippen LogP contribution in [0, 0.1) is 5.92 Å². The number of hydrogen-bond acceptors (Lipinski definition) is 4. The van der Waals surface area contributed by atoms with E-state index in [1.807, 2.05) is 0 Å². The quantitative estimate of drug-likeness (QED) is 0.836. The molecule has 0 unspecified atom stereocenters. The number of nitrogens with zero attached hydrogens (tertiary/aromatic N) is 4. The van der Waals surface area contributed by atoms with Crippen LogP contribution in [-0.2, 0) is 16.6 Å². The molecule has 0 bridgehead atoms. The SMILES string of the molecule is CN(C)S(=O)(=O)N1CCC(Cc2cncc(Cl)n2)CC1. The van der Waals surface area contributed by atoms with Gasteiger partial charge in [-0.2, -0.15) is 17.0 Å². The Kier molecular flexibility index (Phi) is 4.95. The molecular formula is C12H19ClN4O2S. The topological polar surface area (TPSA) is 66.4 Å². The number of halogens is 1. The molecule has 0 N–H and O–H groups in total. The van der Waals surface area contributed by atoms with E-state index in [0.717, 1.165) is 25.0 Å². The van der Waals surface area contributed by atoms with Crippen LogP contribution in [0.4, 0.5) is 0 Å². The molecule has 20 heavy (non-hydrogen) atoms. The third kappa shape index (κ3) is 3.66. The third-order valence-electron chi connectivity index (χ3n) is 3.51. The molecule has 1 saturated heterocycles. The summed E-state index contributed by atoms with van der Waals surface area (Å²) >= 11 is 5.81. The molecule has 0 atom stereocenters. The van der Waals surface area contributed by atoms with Crippen molar-refractivity contribution < 1.29 is 8.42 Å². The summed E-state index contributed by atoms with van der Waals surface area (Å²) in [4.78, 5) is 8.25. The normalized spacial score (nSPS) is 18.6. The fourth-order valence-corrected chi connectivity index (χ4v) is 3.65. The van der Waals surface area contributed by atoms with Crippen LogP contribution in [0.2, 0.25) is 5.15 Å². The van der Waals surface area contributed by atoms with Gasteiger partial charge in [-0.1, -0.05) is 11.6 Å². The summed E-state index contributed by atoms with van der Waals surface area (Å²) in [6, 6.07) is 0. The van der Waals surface area contributed by atoms with Gasteiger partial charge in [-0.25, -0.2) is 4.98 Å². The molecule has 0 spiro atoms. The van der Waals surface area contributed by atoms with Crippen LogP contribution in [0.15, 0.2) is 12.4 Å².